The van der Waals surface area contributed by atoms with Gasteiger partial charge in [-0.15, -0.1) is 4.91 Å². The molecular formula is C23H21NO3. The van der Waals surface area contributed by atoms with Crippen molar-refractivity contribution in [2.75, 3.05) is 6.61 Å². The van der Waals surface area contributed by atoms with Crippen LogP contribution in [0, 0.1) is 11.8 Å². The van der Waals surface area contributed by atoms with Crippen molar-refractivity contribution < 1.29 is 9.53 Å². The van der Waals surface area contributed by atoms with E-state index in [4.69, 9.17) is 4.74 Å². The predicted molar refractivity (Wildman–Crippen MR) is 109 cm³/mol. The Morgan fingerprint density at radius 2 is 1.89 bits per heavy atom. The number of aryl methyl sites for hydroxylation is 2. The molecule has 0 spiro atoms. The van der Waals surface area contributed by atoms with E-state index in [2.05, 4.69) is 42.4 Å². The minimum Gasteiger partial charge on any atom is -0.458 e. The van der Waals surface area contributed by atoms with E-state index >= 15 is 0 Å². The van der Waals surface area contributed by atoms with E-state index in [-0.39, 0.29) is 17.9 Å². The molecule has 3 aromatic carbocycles. The summed E-state index contributed by atoms with van der Waals surface area (Å²) in [7, 11) is 0. The van der Waals surface area contributed by atoms with Gasteiger partial charge in [-0.3, -0.25) is 0 Å². The molecule has 0 fully saturated rings. The Hall–Kier alpha value is -3.27. The maximum absolute atomic E-state index is 12.2. The third kappa shape index (κ3) is 4.29. The lowest BCUT2D eigenvalue weighted by Gasteiger charge is -2.06. The number of hydrogen-bond donors (Lipinski definition) is 0. The van der Waals surface area contributed by atoms with Gasteiger partial charge in [-0.25, -0.2) is 4.79 Å². The van der Waals surface area contributed by atoms with E-state index < -0.39 is 5.97 Å². The van der Waals surface area contributed by atoms with Crippen LogP contribution in [0.4, 0.5) is 5.69 Å². The van der Waals surface area contributed by atoms with Gasteiger partial charge in [0.2, 0.25) is 0 Å². The number of nitroso groups, excluding NO2 is 1. The molecule has 0 atom stereocenters. The number of benzene rings is 3. The third-order valence-corrected chi connectivity index (χ3v) is 4.51. The van der Waals surface area contributed by atoms with Crippen LogP contribution in [0.25, 0.3) is 16.8 Å². The van der Waals surface area contributed by atoms with Crippen LogP contribution in [0.2, 0.25) is 0 Å². The Kier molecular flexibility index (Phi) is 5.77. The second-order valence-corrected chi connectivity index (χ2v) is 6.36. The van der Waals surface area contributed by atoms with Crippen molar-refractivity contribution in [3.8, 4) is 0 Å². The number of carbonyl (C=O) groups is 1. The molecule has 3 aromatic rings. The summed E-state index contributed by atoms with van der Waals surface area (Å²) in [5.74, 6) is -0.543. The predicted octanol–water partition coefficient (Wildman–Crippen LogP) is 5.98. The van der Waals surface area contributed by atoms with Gasteiger partial charge in [0.05, 0.1) is 5.56 Å². The van der Waals surface area contributed by atoms with Crippen LogP contribution in [0.1, 0.15) is 34.0 Å². The zero-order valence-electron chi connectivity index (χ0n) is 15.4. The Balaban J connectivity index is 1.68. The molecule has 0 saturated carbocycles. The number of ether oxygens (including phenoxy) is 1. The number of esters is 1. The summed E-state index contributed by atoms with van der Waals surface area (Å²) in [6.45, 7) is 4.01. The van der Waals surface area contributed by atoms with Crippen LogP contribution in [-0.2, 0) is 11.2 Å². The summed E-state index contributed by atoms with van der Waals surface area (Å²) in [5.41, 5.74) is 3.33. The fourth-order valence-corrected chi connectivity index (χ4v) is 3.01. The highest BCUT2D eigenvalue weighted by Gasteiger charge is 2.15. The molecule has 0 bridgehead atoms. The monoisotopic (exact) mass is 359 g/mol. The van der Waals surface area contributed by atoms with Crippen molar-refractivity contribution in [2.24, 2.45) is 5.18 Å². The van der Waals surface area contributed by atoms with Gasteiger partial charge in [0.15, 0.2) is 0 Å². The van der Waals surface area contributed by atoms with Crippen LogP contribution < -0.4 is 0 Å². The molecule has 0 aromatic heterocycles. The van der Waals surface area contributed by atoms with Crippen molar-refractivity contribution in [2.45, 2.75) is 20.3 Å². The standard InChI is InChI=1S/C23H21NO3/c1-3-17-9-11-19-12-10-18(15-20(19)14-17)7-5-13-27-23(25)22-16(2)6-4-8-21(22)24-26/h4-12,14-15H,3,13H2,1-2H3/b7-5+. The largest absolute Gasteiger partial charge is 0.458 e. The second kappa shape index (κ2) is 8.41. The number of carbonyl (C=O) groups excluding carboxylic acids is 1. The summed E-state index contributed by atoms with van der Waals surface area (Å²) in [4.78, 5) is 23.1. The number of fused-ring (bicyclic) bond motifs is 1. The number of nitrogens with zero attached hydrogens (tertiary/aromatic N) is 1. The van der Waals surface area contributed by atoms with Gasteiger partial charge in [-0.1, -0.05) is 55.5 Å². The van der Waals surface area contributed by atoms with Gasteiger partial charge in [-0.05, 0) is 64.2 Å². The van der Waals surface area contributed by atoms with Crippen LogP contribution in [0.3, 0.4) is 0 Å². The van der Waals surface area contributed by atoms with Crippen LogP contribution in [0.15, 0.2) is 65.9 Å². The Labute approximate surface area is 158 Å². The van der Waals surface area contributed by atoms with Crippen molar-refractivity contribution in [1.29, 1.82) is 0 Å². The van der Waals surface area contributed by atoms with Gasteiger partial charge in [0, 0.05) is 0 Å². The van der Waals surface area contributed by atoms with Gasteiger partial charge in [-0.2, -0.15) is 0 Å². The highest BCUT2D eigenvalue weighted by Crippen LogP contribution is 2.23. The lowest BCUT2D eigenvalue weighted by molar-refractivity contribution is 0.0550. The summed E-state index contributed by atoms with van der Waals surface area (Å²) in [6, 6.07) is 17.6. The van der Waals surface area contributed by atoms with Crippen LogP contribution >= 0.6 is 0 Å². The lowest BCUT2D eigenvalue weighted by Crippen LogP contribution is -2.07. The first-order valence-electron chi connectivity index (χ1n) is 8.91. The molecular weight excluding hydrogens is 338 g/mol. The van der Waals surface area contributed by atoms with Gasteiger partial charge in [0.25, 0.3) is 0 Å². The minimum atomic E-state index is -0.543. The molecule has 0 saturated heterocycles. The van der Waals surface area contributed by atoms with Crippen molar-refractivity contribution in [3.05, 3.63) is 87.8 Å². The fraction of sp³-hybridized carbons (Fsp3) is 0.174. The van der Waals surface area contributed by atoms with Crippen molar-refractivity contribution >= 4 is 28.5 Å². The van der Waals surface area contributed by atoms with Gasteiger partial charge in [0.1, 0.15) is 12.3 Å². The Morgan fingerprint density at radius 1 is 1.07 bits per heavy atom. The zero-order valence-corrected chi connectivity index (χ0v) is 15.4. The highest BCUT2D eigenvalue weighted by molar-refractivity contribution is 5.96. The molecule has 0 heterocycles. The van der Waals surface area contributed by atoms with Crippen molar-refractivity contribution in [3.63, 3.8) is 0 Å². The molecule has 0 aliphatic heterocycles. The summed E-state index contributed by atoms with van der Waals surface area (Å²) >= 11 is 0. The normalized spacial score (nSPS) is 11.0. The van der Waals surface area contributed by atoms with E-state index in [0.29, 0.717) is 5.56 Å². The van der Waals surface area contributed by atoms with E-state index in [1.807, 2.05) is 12.1 Å². The summed E-state index contributed by atoms with van der Waals surface area (Å²) in [5, 5.41) is 5.29. The average Bonchev–Trinajstić information content (AvgIpc) is 2.70. The van der Waals surface area contributed by atoms with Gasteiger partial charge < -0.3 is 4.74 Å². The Morgan fingerprint density at radius 3 is 2.67 bits per heavy atom. The molecule has 0 aliphatic carbocycles. The van der Waals surface area contributed by atoms with Crippen LogP contribution in [0.5, 0.6) is 0 Å². The third-order valence-electron chi connectivity index (χ3n) is 4.51. The van der Waals surface area contributed by atoms with Crippen LogP contribution in [-0.4, -0.2) is 12.6 Å². The van der Waals surface area contributed by atoms with Crippen molar-refractivity contribution in [1.82, 2.24) is 0 Å². The molecule has 3 rings (SSSR count). The first-order chi connectivity index (χ1) is 13.1. The quantitative estimate of drug-likeness (QED) is 0.402. The average molecular weight is 359 g/mol. The maximum Gasteiger partial charge on any atom is 0.341 e. The van der Waals surface area contributed by atoms with E-state index in [1.165, 1.54) is 22.4 Å². The fourth-order valence-electron chi connectivity index (χ4n) is 3.01. The SMILES string of the molecule is CCc1ccc2ccc(/C=C/COC(=O)c3c(C)cccc3N=O)cc2c1. The maximum atomic E-state index is 12.2. The molecule has 27 heavy (non-hydrogen) atoms. The Bertz CT molecular complexity index is 1020. The molecule has 136 valence electrons. The molecule has 0 aliphatic rings. The smallest absolute Gasteiger partial charge is 0.341 e. The summed E-state index contributed by atoms with van der Waals surface area (Å²) < 4.78 is 5.27. The van der Waals surface area contributed by atoms with E-state index in [0.717, 1.165) is 12.0 Å². The molecule has 0 N–H and O–H groups in total. The lowest BCUT2D eigenvalue weighted by atomic mass is 10.0. The van der Waals surface area contributed by atoms with Gasteiger partial charge >= 0.3 is 5.97 Å². The molecule has 0 radical (unpaired) electrons. The topological polar surface area (TPSA) is 55.7 Å². The molecule has 4 heteroatoms. The van der Waals surface area contributed by atoms with E-state index in [1.54, 1.807) is 25.1 Å². The zero-order chi connectivity index (χ0) is 19.2. The molecule has 0 amide bonds. The number of rotatable bonds is 6. The highest BCUT2D eigenvalue weighted by atomic mass is 16.5. The first-order valence-corrected chi connectivity index (χ1v) is 8.91. The van der Waals surface area contributed by atoms with E-state index in [9.17, 15) is 9.70 Å². The molecule has 4 nitrogen and oxygen atoms in total. The summed E-state index contributed by atoms with van der Waals surface area (Å²) in [6.07, 6.45) is 4.71. The second-order valence-electron chi connectivity index (χ2n) is 6.36. The first kappa shape index (κ1) is 18.5. The molecule has 0 unspecified atom stereocenters. The number of hydrogen-bond acceptors (Lipinski definition) is 4. The minimum absolute atomic E-state index is 0.102.